The van der Waals surface area contributed by atoms with Crippen molar-refractivity contribution in [2.75, 3.05) is 0 Å². The Morgan fingerprint density at radius 3 is 2.27 bits per heavy atom. The van der Waals surface area contributed by atoms with Crippen molar-refractivity contribution in [3.05, 3.63) is 60.4 Å². The van der Waals surface area contributed by atoms with Crippen molar-refractivity contribution >= 4 is 0 Å². The van der Waals surface area contributed by atoms with Crippen molar-refractivity contribution in [1.29, 1.82) is 0 Å². The Morgan fingerprint density at radius 2 is 1.64 bits per heavy atom. The molecule has 3 rings (SSSR count). The second-order valence-electron chi connectivity index (χ2n) is 6.34. The maximum absolute atomic E-state index is 10.0. The third-order valence-electron chi connectivity index (χ3n) is 3.70. The Balaban J connectivity index is 2.04. The highest BCUT2D eigenvalue weighted by Crippen LogP contribution is 2.28. The first-order valence-electron chi connectivity index (χ1n) is 7.26. The van der Waals surface area contributed by atoms with Crippen LogP contribution < -0.4 is 0 Å². The first kappa shape index (κ1) is 14.3. The molecule has 3 aromatic rings. The fourth-order valence-corrected chi connectivity index (χ4v) is 2.40. The van der Waals surface area contributed by atoms with Crippen LogP contribution in [0, 0.1) is 0 Å². The standard InChI is InChI=1S/C18H19N3O/c1-18(2,3)14-10-8-13(9-11-14)17-20-19-12-21(17)15-6-4-5-7-16(15)22/h4-12,22H,1-3H3. The summed E-state index contributed by atoms with van der Waals surface area (Å²) in [6.07, 6.45) is 1.61. The summed E-state index contributed by atoms with van der Waals surface area (Å²) in [6, 6.07) is 15.5. The van der Waals surface area contributed by atoms with Gasteiger partial charge in [-0.2, -0.15) is 0 Å². The molecule has 0 radical (unpaired) electrons. The van der Waals surface area contributed by atoms with E-state index < -0.39 is 0 Å². The molecule has 22 heavy (non-hydrogen) atoms. The molecule has 0 fully saturated rings. The molecule has 0 atom stereocenters. The smallest absolute Gasteiger partial charge is 0.168 e. The van der Waals surface area contributed by atoms with Crippen LogP contribution in [-0.2, 0) is 5.41 Å². The highest BCUT2D eigenvalue weighted by molar-refractivity contribution is 5.60. The lowest BCUT2D eigenvalue weighted by atomic mass is 9.87. The van der Waals surface area contributed by atoms with Crippen molar-refractivity contribution in [3.8, 4) is 22.8 Å². The van der Waals surface area contributed by atoms with Gasteiger partial charge in [0.05, 0.1) is 5.69 Å². The fraction of sp³-hybridized carbons (Fsp3) is 0.222. The van der Waals surface area contributed by atoms with Crippen molar-refractivity contribution in [3.63, 3.8) is 0 Å². The van der Waals surface area contributed by atoms with Crippen LogP contribution in [-0.4, -0.2) is 19.9 Å². The predicted octanol–water partition coefficient (Wildman–Crippen LogP) is 3.94. The molecule has 0 unspecified atom stereocenters. The molecular weight excluding hydrogens is 274 g/mol. The fourth-order valence-electron chi connectivity index (χ4n) is 2.40. The minimum Gasteiger partial charge on any atom is -0.506 e. The molecule has 0 aliphatic heterocycles. The van der Waals surface area contributed by atoms with Gasteiger partial charge in [0.25, 0.3) is 0 Å². The van der Waals surface area contributed by atoms with E-state index in [1.165, 1.54) is 5.56 Å². The second-order valence-corrected chi connectivity index (χ2v) is 6.34. The molecule has 4 nitrogen and oxygen atoms in total. The minimum atomic E-state index is 0.115. The topological polar surface area (TPSA) is 50.9 Å². The Bertz CT molecular complexity index is 783. The first-order valence-corrected chi connectivity index (χ1v) is 7.26. The lowest BCUT2D eigenvalue weighted by Crippen LogP contribution is -2.10. The van der Waals surface area contributed by atoms with Crippen molar-refractivity contribution in [1.82, 2.24) is 14.8 Å². The third kappa shape index (κ3) is 2.60. The molecule has 2 aromatic carbocycles. The summed E-state index contributed by atoms with van der Waals surface area (Å²) in [5.74, 6) is 0.914. The van der Waals surface area contributed by atoms with Crippen LogP contribution in [0.2, 0.25) is 0 Å². The van der Waals surface area contributed by atoms with Gasteiger partial charge in [0.15, 0.2) is 5.82 Å². The molecule has 112 valence electrons. The van der Waals surface area contributed by atoms with Crippen LogP contribution in [0.4, 0.5) is 0 Å². The summed E-state index contributed by atoms with van der Waals surface area (Å²) >= 11 is 0. The van der Waals surface area contributed by atoms with Gasteiger partial charge in [-0.25, -0.2) is 0 Å². The SMILES string of the molecule is CC(C)(C)c1ccc(-c2nncn2-c2ccccc2O)cc1. The maximum atomic E-state index is 10.0. The van der Waals surface area contributed by atoms with Crippen LogP contribution in [0.15, 0.2) is 54.9 Å². The van der Waals surface area contributed by atoms with Gasteiger partial charge in [-0.05, 0) is 23.1 Å². The molecular formula is C18H19N3O. The molecule has 0 spiro atoms. The van der Waals surface area contributed by atoms with E-state index in [9.17, 15) is 5.11 Å². The summed E-state index contributed by atoms with van der Waals surface area (Å²) in [5.41, 5.74) is 3.02. The Hall–Kier alpha value is -2.62. The molecule has 0 aliphatic rings. The van der Waals surface area contributed by atoms with Gasteiger partial charge in [-0.3, -0.25) is 4.57 Å². The quantitative estimate of drug-likeness (QED) is 0.778. The maximum Gasteiger partial charge on any atom is 0.168 e. The number of aromatic hydroxyl groups is 1. The van der Waals surface area contributed by atoms with Crippen LogP contribution in [0.1, 0.15) is 26.3 Å². The Morgan fingerprint density at radius 1 is 0.955 bits per heavy atom. The molecule has 0 aliphatic carbocycles. The number of hydrogen-bond donors (Lipinski definition) is 1. The minimum absolute atomic E-state index is 0.115. The summed E-state index contributed by atoms with van der Waals surface area (Å²) in [7, 11) is 0. The molecule has 1 aromatic heterocycles. The molecule has 1 N–H and O–H groups in total. The van der Waals surface area contributed by atoms with Crippen LogP contribution in [0.5, 0.6) is 5.75 Å². The lowest BCUT2D eigenvalue weighted by molar-refractivity contribution is 0.472. The summed E-state index contributed by atoms with van der Waals surface area (Å²) < 4.78 is 1.79. The van der Waals surface area contributed by atoms with E-state index in [0.29, 0.717) is 11.5 Å². The van der Waals surface area contributed by atoms with Gasteiger partial charge in [0.2, 0.25) is 0 Å². The molecule has 0 saturated heterocycles. The Labute approximate surface area is 130 Å². The van der Waals surface area contributed by atoms with Gasteiger partial charge in [0.1, 0.15) is 12.1 Å². The number of rotatable bonds is 2. The predicted molar refractivity (Wildman–Crippen MR) is 87.2 cm³/mol. The monoisotopic (exact) mass is 293 g/mol. The second kappa shape index (κ2) is 5.30. The van der Waals surface area contributed by atoms with Gasteiger partial charge in [-0.1, -0.05) is 57.2 Å². The van der Waals surface area contributed by atoms with E-state index in [1.807, 2.05) is 24.3 Å². The third-order valence-corrected chi connectivity index (χ3v) is 3.70. The Kier molecular flexibility index (Phi) is 3.45. The number of hydrogen-bond acceptors (Lipinski definition) is 3. The average molecular weight is 293 g/mol. The van der Waals surface area contributed by atoms with Crippen molar-refractivity contribution in [2.24, 2.45) is 0 Å². The summed E-state index contributed by atoms with van der Waals surface area (Å²) in [4.78, 5) is 0. The average Bonchev–Trinajstić information content (AvgIpc) is 2.96. The van der Waals surface area contributed by atoms with Crippen LogP contribution in [0.3, 0.4) is 0 Å². The van der Waals surface area contributed by atoms with Gasteiger partial charge in [0, 0.05) is 5.56 Å². The highest BCUT2D eigenvalue weighted by Gasteiger charge is 2.15. The van der Waals surface area contributed by atoms with Gasteiger partial charge in [-0.15, -0.1) is 10.2 Å². The van der Waals surface area contributed by atoms with E-state index in [2.05, 4.69) is 43.1 Å². The number of para-hydroxylation sites is 2. The zero-order valence-electron chi connectivity index (χ0n) is 13.0. The van der Waals surface area contributed by atoms with E-state index >= 15 is 0 Å². The molecule has 0 amide bonds. The number of aromatic nitrogens is 3. The molecule has 4 heteroatoms. The number of benzene rings is 2. The van der Waals surface area contributed by atoms with E-state index in [4.69, 9.17) is 0 Å². The van der Waals surface area contributed by atoms with E-state index in [-0.39, 0.29) is 11.2 Å². The van der Waals surface area contributed by atoms with Crippen molar-refractivity contribution < 1.29 is 5.11 Å². The lowest BCUT2D eigenvalue weighted by Gasteiger charge is -2.19. The number of nitrogens with zero attached hydrogens (tertiary/aromatic N) is 3. The zero-order chi connectivity index (χ0) is 15.7. The highest BCUT2D eigenvalue weighted by atomic mass is 16.3. The largest absolute Gasteiger partial charge is 0.506 e. The normalized spacial score (nSPS) is 11.6. The number of phenolic OH excluding ortho intramolecular Hbond substituents is 1. The van der Waals surface area contributed by atoms with E-state index in [0.717, 1.165) is 5.56 Å². The summed E-state index contributed by atoms with van der Waals surface area (Å²) in [5, 5.41) is 18.2. The van der Waals surface area contributed by atoms with Crippen molar-refractivity contribution in [2.45, 2.75) is 26.2 Å². The van der Waals surface area contributed by atoms with Gasteiger partial charge >= 0.3 is 0 Å². The molecule has 0 bridgehead atoms. The first-order chi connectivity index (χ1) is 10.5. The van der Waals surface area contributed by atoms with Crippen LogP contribution >= 0.6 is 0 Å². The summed E-state index contributed by atoms with van der Waals surface area (Å²) in [6.45, 7) is 6.56. The molecule has 1 heterocycles. The molecule has 0 saturated carbocycles. The van der Waals surface area contributed by atoms with Gasteiger partial charge < -0.3 is 5.11 Å². The van der Waals surface area contributed by atoms with Crippen LogP contribution in [0.25, 0.3) is 17.1 Å². The zero-order valence-corrected chi connectivity index (χ0v) is 13.0. The number of phenols is 1. The van der Waals surface area contributed by atoms with E-state index in [1.54, 1.807) is 23.0 Å².